The largest absolute Gasteiger partial charge is 0.385 e. The number of hydrogen-bond acceptors (Lipinski definition) is 6. The normalized spacial score (nSPS) is 19.4. The molecule has 3 aliphatic rings. The summed E-state index contributed by atoms with van der Waals surface area (Å²) in [6.45, 7) is 31.8. The number of benzene rings is 1. The van der Waals surface area contributed by atoms with Crippen LogP contribution in [0, 0.1) is 22.2 Å². The Balaban J connectivity index is 0.000000315. The molecule has 0 amide bonds. The molecule has 3 unspecified atom stereocenters. The summed E-state index contributed by atoms with van der Waals surface area (Å²) in [6, 6.07) is 12.5. The van der Waals surface area contributed by atoms with Crippen molar-refractivity contribution in [2.24, 2.45) is 10.8 Å². The molecule has 41 heavy (non-hydrogen) atoms. The van der Waals surface area contributed by atoms with E-state index in [1.54, 1.807) is 18.1 Å². The first-order chi connectivity index (χ1) is 19.3. The predicted octanol–water partition coefficient (Wildman–Crippen LogP) is 9.23. The van der Waals surface area contributed by atoms with E-state index in [0.29, 0.717) is 12.1 Å². The molecule has 1 saturated carbocycles. The molecular formula is C35H57N5S. The predicted molar refractivity (Wildman–Crippen MR) is 182 cm³/mol. The molecule has 1 aliphatic carbocycles. The lowest BCUT2D eigenvalue weighted by Gasteiger charge is -2.30. The van der Waals surface area contributed by atoms with Gasteiger partial charge >= 0.3 is 0 Å². The quantitative estimate of drug-likeness (QED) is 0.284. The molecule has 0 bridgehead atoms. The van der Waals surface area contributed by atoms with Crippen LogP contribution in [0.4, 0.5) is 0 Å². The number of likely N-dealkylation sites (tertiary alicyclic amines) is 1. The number of nitrogens with zero attached hydrogens (tertiary/aromatic N) is 3. The van der Waals surface area contributed by atoms with Crippen LogP contribution < -0.4 is 10.6 Å². The molecule has 4 rings (SSSR count). The number of rotatable bonds is 9. The molecule has 2 heterocycles. The van der Waals surface area contributed by atoms with Crippen molar-refractivity contribution in [1.29, 1.82) is 5.26 Å². The number of nitrogens with one attached hydrogen (secondary N) is 2. The lowest BCUT2D eigenvalue weighted by Crippen LogP contribution is -2.38. The smallest absolute Gasteiger partial charge is 0.0963 e. The van der Waals surface area contributed by atoms with Crippen molar-refractivity contribution >= 4 is 17.6 Å². The molecule has 2 aliphatic heterocycles. The van der Waals surface area contributed by atoms with Crippen LogP contribution in [0.15, 0.2) is 67.8 Å². The lowest BCUT2D eigenvalue weighted by molar-refractivity contribution is 0.297. The maximum absolute atomic E-state index is 8.99. The summed E-state index contributed by atoms with van der Waals surface area (Å²) >= 11 is 1.75. The van der Waals surface area contributed by atoms with Gasteiger partial charge in [-0.3, -0.25) is 4.31 Å². The van der Waals surface area contributed by atoms with Crippen molar-refractivity contribution in [1.82, 2.24) is 19.8 Å². The van der Waals surface area contributed by atoms with Crippen LogP contribution in [0.25, 0.3) is 5.70 Å². The first-order valence-electron chi connectivity index (χ1n) is 15.1. The third kappa shape index (κ3) is 10.5. The second-order valence-electron chi connectivity index (χ2n) is 11.9. The molecule has 5 nitrogen and oxygen atoms in total. The van der Waals surface area contributed by atoms with Crippen molar-refractivity contribution in [2.45, 2.75) is 106 Å². The summed E-state index contributed by atoms with van der Waals surface area (Å²) in [7, 11) is 0. The average Bonchev–Trinajstić information content (AvgIpc) is 3.85. The Morgan fingerprint density at radius 2 is 1.76 bits per heavy atom. The molecule has 1 saturated heterocycles. The molecule has 3 atom stereocenters. The molecule has 228 valence electrons. The summed E-state index contributed by atoms with van der Waals surface area (Å²) in [4.78, 5) is 2.29. The van der Waals surface area contributed by atoms with Crippen LogP contribution in [-0.4, -0.2) is 34.1 Å². The van der Waals surface area contributed by atoms with Crippen LogP contribution in [0.3, 0.4) is 0 Å². The van der Waals surface area contributed by atoms with Gasteiger partial charge in [0.2, 0.25) is 0 Å². The van der Waals surface area contributed by atoms with Crippen molar-refractivity contribution in [3.8, 4) is 6.07 Å². The molecule has 1 aromatic carbocycles. The molecule has 1 aromatic rings. The van der Waals surface area contributed by atoms with Gasteiger partial charge in [0.25, 0.3) is 0 Å². The summed E-state index contributed by atoms with van der Waals surface area (Å²) in [5, 5.41) is 15.5. The molecule has 2 N–H and O–H groups in total. The highest BCUT2D eigenvalue weighted by molar-refractivity contribution is 7.97. The Bertz CT molecular complexity index is 1060. The summed E-state index contributed by atoms with van der Waals surface area (Å²) in [5.41, 5.74) is 6.15. The zero-order chi connectivity index (χ0) is 31.4. The van der Waals surface area contributed by atoms with Crippen LogP contribution in [-0.2, 0) is 0 Å². The molecule has 0 spiro atoms. The van der Waals surface area contributed by atoms with Gasteiger partial charge < -0.3 is 15.5 Å². The van der Waals surface area contributed by atoms with Crippen molar-refractivity contribution in [3.05, 3.63) is 78.9 Å². The van der Waals surface area contributed by atoms with E-state index >= 15 is 0 Å². The zero-order valence-corrected chi connectivity index (χ0v) is 28.4. The summed E-state index contributed by atoms with van der Waals surface area (Å²) < 4.78 is 2.25. The Hall–Kier alpha value is -2.78. The Morgan fingerprint density at radius 1 is 1.17 bits per heavy atom. The number of nitriles is 1. The van der Waals surface area contributed by atoms with Crippen LogP contribution in [0.1, 0.15) is 105 Å². The van der Waals surface area contributed by atoms with Crippen LogP contribution in [0.2, 0.25) is 0 Å². The molecule has 2 fully saturated rings. The SMILES string of the molecule is C=C(NC(C)C(C)(C)C)C1(C#N)CC1.C=CN1CCCC1C.C=CNC(C)c1ccc(C2=C(C)N2SC)cc1.CC. The Kier molecular flexibility index (Phi) is 14.7. The van der Waals surface area contributed by atoms with Crippen LogP contribution >= 0.6 is 11.9 Å². The minimum Gasteiger partial charge on any atom is -0.385 e. The van der Waals surface area contributed by atoms with E-state index in [1.165, 1.54) is 41.9 Å². The fraction of sp³-hybridized carbons (Fsp3) is 0.571. The van der Waals surface area contributed by atoms with Gasteiger partial charge in [-0.25, -0.2) is 0 Å². The van der Waals surface area contributed by atoms with E-state index < -0.39 is 0 Å². The van der Waals surface area contributed by atoms with Crippen LogP contribution in [0.5, 0.6) is 0 Å². The first kappa shape index (κ1) is 36.2. The maximum Gasteiger partial charge on any atom is 0.0963 e. The number of allylic oxidation sites excluding steroid dienone is 2. The van der Waals surface area contributed by atoms with E-state index in [1.807, 2.05) is 20.0 Å². The third-order valence-electron chi connectivity index (χ3n) is 8.11. The molecule has 0 aromatic heterocycles. The lowest BCUT2D eigenvalue weighted by atomic mass is 9.87. The average molecular weight is 580 g/mol. The van der Waals surface area contributed by atoms with Gasteiger partial charge in [-0.2, -0.15) is 5.26 Å². The van der Waals surface area contributed by atoms with Gasteiger partial charge in [-0.1, -0.05) is 78.6 Å². The first-order valence-corrected chi connectivity index (χ1v) is 16.3. The topological polar surface area (TPSA) is 54.1 Å². The Labute approximate surface area is 257 Å². The Morgan fingerprint density at radius 3 is 2.10 bits per heavy atom. The van der Waals surface area contributed by atoms with E-state index in [-0.39, 0.29) is 10.8 Å². The minimum absolute atomic E-state index is 0.203. The van der Waals surface area contributed by atoms with E-state index in [4.69, 9.17) is 5.26 Å². The van der Waals surface area contributed by atoms with Crippen molar-refractivity contribution < 1.29 is 0 Å². The maximum atomic E-state index is 8.99. The third-order valence-corrected chi connectivity index (χ3v) is 8.93. The monoisotopic (exact) mass is 579 g/mol. The van der Waals surface area contributed by atoms with Gasteiger partial charge in [-0.15, -0.1) is 0 Å². The molecule has 0 radical (unpaired) electrons. The zero-order valence-electron chi connectivity index (χ0n) is 27.6. The summed E-state index contributed by atoms with van der Waals surface area (Å²) in [5.74, 6) is 0. The van der Waals surface area contributed by atoms with E-state index in [0.717, 1.165) is 24.6 Å². The molecule has 6 heteroatoms. The van der Waals surface area contributed by atoms with Crippen molar-refractivity contribution in [3.63, 3.8) is 0 Å². The van der Waals surface area contributed by atoms with E-state index in [2.05, 4.69) is 125 Å². The minimum atomic E-state index is -0.250. The van der Waals surface area contributed by atoms with Gasteiger partial charge in [0.05, 0.1) is 22.9 Å². The van der Waals surface area contributed by atoms with Gasteiger partial charge in [0.1, 0.15) is 0 Å². The fourth-order valence-corrected chi connectivity index (χ4v) is 5.17. The highest BCUT2D eigenvalue weighted by Crippen LogP contribution is 2.50. The van der Waals surface area contributed by atoms with Gasteiger partial charge in [0.15, 0.2) is 0 Å². The standard InChI is InChI=1S/C14H18N2S.C12H20N2.C7H13N.C2H6/c1-5-15-10(2)12-6-8-13(9-7-12)14-11(3)16(14)17-4;1-9(11(3,4)5)14-10(2)12(8-13)6-7-12;1-3-8-6-4-5-7(8)2;1-2/h5-10,15H,1H2,2-4H3;9,14H,2,6-7H2,1,3-5H3;3,7H,1,4-6H2,2H3;1-2H3. The van der Waals surface area contributed by atoms with Crippen molar-refractivity contribution in [2.75, 3.05) is 12.8 Å². The van der Waals surface area contributed by atoms with Gasteiger partial charge in [0, 0.05) is 42.2 Å². The second kappa shape index (κ2) is 16.6. The highest BCUT2D eigenvalue weighted by atomic mass is 32.2. The van der Waals surface area contributed by atoms with Gasteiger partial charge in [-0.05, 0) is 88.7 Å². The summed E-state index contributed by atoms with van der Waals surface area (Å²) in [6.07, 6.45) is 10.4. The fourth-order valence-electron chi connectivity index (χ4n) is 4.43. The molecular weight excluding hydrogens is 522 g/mol. The number of hydrogen-bond donors (Lipinski definition) is 2. The second-order valence-corrected chi connectivity index (χ2v) is 12.7. The van der Waals surface area contributed by atoms with E-state index in [9.17, 15) is 0 Å². The highest BCUT2D eigenvalue weighted by Gasteiger charge is 2.46.